The van der Waals surface area contributed by atoms with E-state index in [9.17, 15) is 26.7 Å². The van der Waals surface area contributed by atoms with Gasteiger partial charge in [0.2, 0.25) is 5.76 Å². The highest BCUT2D eigenvalue weighted by molar-refractivity contribution is 5.93. The molecule has 1 unspecified atom stereocenters. The Labute approximate surface area is 175 Å². The van der Waals surface area contributed by atoms with Gasteiger partial charge < -0.3 is 14.3 Å². The number of hydrogen-bond donors (Lipinski definition) is 1. The monoisotopic (exact) mass is 452 g/mol. The number of fused-ring (bicyclic) bond motifs is 2. The number of rotatable bonds is 3. The molecular weight excluding hydrogens is 439 g/mol. The Morgan fingerprint density at radius 3 is 2.81 bits per heavy atom. The van der Waals surface area contributed by atoms with Gasteiger partial charge in [0, 0.05) is 24.9 Å². The minimum atomic E-state index is -4.56. The van der Waals surface area contributed by atoms with Gasteiger partial charge in [-0.3, -0.25) is 4.79 Å². The molecular formula is C19H13F5N6O2. The van der Waals surface area contributed by atoms with Gasteiger partial charge in [0.25, 0.3) is 12.3 Å². The van der Waals surface area contributed by atoms with Crippen molar-refractivity contribution < 1.29 is 31.2 Å². The molecule has 0 bridgehead atoms. The number of nitrogens with zero attached hydrogens (tertiary/aromatic N) is 5. The molecule has 0 saturated heterocycles. The lowest BCUT2D eigenvalue weighted by Gasteiger charge is -2.33. The molecule has 0 aromatic carbocycles. The van der Waals surface area contributed by atoms with Crippen LogP contribution in [0.25, 0.3) is 5.52 Å². The van der Waals surface area contributed by atoms with E-state index in [1.807, 2.05) is 0 Å². The Kier molecular flexibility index (Phi) is 4.50. The average Bonchev–Trinajstić information content (AvgIpc) is 3.49. The van der Waals surface area contributed by atoms with Crippen molar-refractivity contribution >= 4 is 11.4 Å². The summed E-state index contributed by atoms with van der Waals surface area (Å²) in [5.74, 6) is -1.45. The minimum Gasteiger partial charge on any atom is -0.438 e. The van der Waals surface area contributed by atoms with Crippen LogP contribution >= 0.6 is 0 Å². The number of carbonyl (C=O) groups excluding carboxylic acids is 1. The van der Waals surface area contributed by atoms with Gasteiger partial charge in [-0.25, -0.2) is 23.3 Å². The van der Waals surface area contributed by atoms with E-state index in [4.69, 9.17) is 4.42 Å². The zero-order chi connectivity index (χ0) is 22.6. The summed E-state index contributed by atoms with van der Waals surface area (Å²) in [4.78, 5) is 25.0. The van der Waals surface area contributed by atoms with Gasteiger partial charge in [-0.1, -0.05) is 0 Å². The third-order valence-electron chi connectivity index (χ3n) is 5.27. The van der Waals surface area contributed by atoms with Crippen molar-refractivity contribution in [2.45, 2.75) is 25.1 Å². The summed E-state index contributed by atoms with van der Waals surface area (Å²) in [5, 5.41) is 4.24. The summed E-state index contributed by atoms with van der Waals surface area (Å²) < 4.78 is 71.7. The first-order valence-electron chi connectivity index (χ1n) is 9.35. The molecule has 1 aliphatic rings. The van der Waals surface area contributed by atoms with E-state index in [0.717, 1.165) is 23.2 Å². The molecule has 0 fully saturated rings. The van der Waals surface area contributed by atoms with Crippen molar-refractivity contribution in [3.8, 4) is 0 Å². The summed E-state index contributed by atoms with van der Waals surface area (Å²) >= 11 is 0. The number of carbonyl (C=O) groups is 1. The first-order chi connectivity index (χ1) is 15.2. The van der Waals surface area contributed by atoms with E-state index in [-0.39, 0.29) is 12.2 Å². The van der Waals surface area contributed by atoms with Crippen LogP contribution in [0.5, 0.6) is 0 Å². The number of pyridine rings is 1. The van der Waals surface area contributed by atoms with Crippen LogP contribution in [0.15, 0.2) is 41.5 Å². The number of nitrogens with one attached hydrogen (secondary N) is 1. The van der Waals surface area contributed by atoms with Gasteiger partial charge in [0.05, 0.1) is 28.8 Å². The molecule has 8 nitrogen and oxygen atoms in total. The molecule has 1 N–H and O–H groups in total. The zero-order valence-electron chi connectivity index (χ0n) is 16.0. The predicted molar refractivity (Wildman–Crippen MR) is 96.8 cm³/mol. The summed E-state index contributed by atoms with van der Waals surface area (Å²) in [7, 11) is 0. The molecule has 0 saturated carbocycles. The average molecular weight is 452 g/mol. The summed E-state index contributed by atoms with van der Waals surface area (Å²) in [6.45, 7) is 0.115. The van der Waals surface area contributed by atoms with Gasteiger partial charge >= 0.3 is 6.18 Å². The molecule has 0 aliphatic carbocycles. The van der Waals surface area contributed by atoms with E-state index < -0.39 is 41.6 Å². The number of hydrogen-bond acceptors (Lipinski definition) is 5. The Hall–Kier alpha value is -3.77. The molecule has 13 heteroatoms. The second kappa shape index (κ2) is 7.14. The van der Waals surface area contributed by atoms with Crippen molar-refractivity contribution in [3.63, 3.8) is 0 Å². The van der Waals surface area contributed by atoms with Crippen LogP contribution in [0.2, 0.25) is 0 Å². The van der Waals surface area contributed by atoms with Crippen LogP contribution in [0.4, 0.5) is 22.0 Å². The fourth-order valence-corrected chi connectivity index (χ4v) is 3.80. The largest absolute Gasteiger partial charge is 0.438 e. The fraction of sp³-hybridized carbons (Fsp3) is 0.263. The molecule has 0 radical (unpaired) electrons. The number of oxazole rings is 1. The zero-order valence-corrected chi connectivity index (χ0v) is 16.0. The van der Waals surface area contributed by atoms with Gasteiger partial charge in [-0.2, -0.15) is 18.3 Å². The van der Waals surface area contributed by atoms with E-state index in [0.29, 0.717) is 23.3 Å². The highest BCUT2D eigenvalue weighted by Gasteiger charge is 2.39. The topological polar surface area (TPSA) is 92.3 Å². The maximum Gasteiger partial charge on any atom is 0.417 e. The SMILES string of the molecule is O=C(c1ocnc1C(F)F)N1CCc2[nH]cnc2C1c1cc2ccc(C(F)(F)F)cn2n1. The molecule has 4 aromatic rings. The lowest BCUT2D eigenvalue weighted by molar-refractivity contribution is -0.137. The predicted octanol–water partition coefficient (Wildman–Crippen LogP) is 3.79. The minimum absolute atomic E-state index is 0.115. The maximum atomic E-state index is 13.3. The van der Waals surface area contributed by atoms with E-state index >= 15 is 0 Å². The number of aromatic amines is 1. The van der Waals surface area contributed by atoms with Gasteiger partial charge in [0.15, 0.2) is 12.1 Å². The molecule has 32 heavy (non-hydrogen) atoms. The van der Waals surface area contributed by atoms with E-state index in [1.54, 1.807) is 0 Å². The lowest BCUT2D eigenvalue weighted by atomic mass is 9.99. The Morgan fingerprint density at radius 1 is 1.25 bits per heavy atom. The number of halogens is 5. The number of H-pyrrole nitrogens is 1. The Bertz CT molecular complexity index is 1310. The Morgan fingerprint density at radius 2 is 2.06 bits per heavy atom. The van der Waals surface area contributed by atoms with Crippen molar-refractivity contribution in [1.82, 2.24) is 29.5 Å². The van der Waals surface area contributed by atoms with Crippen LogP contribution in [0.3, 0.4) is 0 Å². The molecule has 1 amide bonds. The number of aromatic nitrogens is 5. The summed E-state index contributed by atoms with van der Waals surface area (Å²) in [6.07, 6.45) is -4.20. The van der Waals surface area contributed by atoms with E-state index in [2.05, 4.69) is 20.1 Å². The number of alkyl halides is 5. The first kappa shape index (κ1) is 20.2. The highest BCUT2D eigenvalue weighted by Crippen LogP contribution is 2.36. The second-order valence-electron chi connectivity index (χ2n) is 7.14. The molecule has 4 aromatic heterocycles. The van der Waals surface area contributed by atoms with Crippen LogP contribution in [-0.4, -0.2) is 41.9 Å². The molecule has 1 aliphatic heterocycles. The highest BCUT2D eigenvalue weighted by atomic mass is 19.4. The lowest BCUT2D eigenvalue weighted by Crippen LogP contribution is -2.41. The van der Waals surface area contributed by atoms with Gasteiger partial charge in [0.1, 0.15) is 6.04 Å². The standard InChI is InChI=1S/C19H13F5N6O2/c20-17(21)14-16(32-8-27-14)18(31)29-4-3-11-13(26-7-25-11)15(29)12-5-10-2-1-9(19(22,23)24)6-30(10)28-12/h1-2,5-8,15,17H,3-4H2,(H,25,26). The van der Waals surface area contributed by atoms with Gasteiger partial charge in [-0.05, 0) is 18.2 Å². The fourth-order valence-electron chi connectivity index (χ4n) is 3.80. The van der Waals surface area contributed by atoms with Crippen LogP contribution < -0.4 is 0 Å². The summed E-state index contributed by atoms with van der Waals surface area (Å²) in [6, 6.07) is 2.77. The molecule has 5 heterocycles. The second-order valence-corrected chi connectivity index (χ2v) is 7.14. The van der Waals surface area contributed by atoms with Crippen LogP contribution in [-0.2, 0) is 12.6 Å². The van der Waals surface area contributed by atoms with Crippen molar-refractivity contribution in [2.24, 2.45) is 0 Å². The number of imidazole rings is 1. The van der Waals surface area contributed by atoms with E-state index in [1.165, 1.54) is 23.4 Å². The smallest absolute Gasteiger partial charge is 0.417 e. The van der Waals surface area contributed by atoms with Crippen molar-refractivity contribution in [2.75, 3.05) is 6.54 Å². The first-order valence-corrected chi connectivity index (χ1v) is 9.35. The maximum absolute atomic E-state index is 13.3. The molecule has 0 spiro atoms. The van der Waals surface area contributed by atoms with Gasteiger partial charge in [-0.15, -0.1) is 0 Å². The molecule has 5 rings (SSSR count). The quantitative estimate of drug-likeness (QED) is 0.478. The van der Waals surface area contributed by atoms with Crippen molar-refractivity contribution in [1.29, 1.82) is 0 Å². The molecule has 1 atom stereocenters. The van der Waals surface area contributed by atoms with Crippen LogP contribution in [0, 0.1) is 0 Å². The number of amides is 1. The summed E-state index contributed by atoms with van der Waals surface area (Å²) in [5.41, 5.74) is 0.0343. The third-order valence-corrected chi connectivity index (χ3v) is 5.27. The Balaban J connectivity index is 1.60. The van der Waals surface area contributed by atoms with Crippen LogP contribution in [0.1, 0.15) is 51.4 Å². The normalized spacial score (nSPS) is 16.7. The molecule has 166 valence electrons. The third kappa shape index (κ3) is 3.20. The van der Waals surface area contributed by atoms with Crippen molar-refractivity contribution in [3.05, 3.63) is 71.2 Å².